The van der Waals surface area contributed by atoms with Gasteiger partial charge in [0.2, 0.25) is 0 Å². The van der Waals surface area contributed by atoms with Gasteiger partial charge in [0.25, 0.3) is 5.91 Å². The van der Waals surface area contributed by atoms with Gasteiger partial charge in [0.1, 0.15) is 11.6 Å². The summed E-state index contributed by atoms with van der Waals surface area (Å²) in [4.78, 5) is 16.6. The van der Waals surface area contributed by atoms with E-state index in [1.54, 1.807) is 0 Å². The Morgan fingerprint density at radius 2 is 1.96 bits per heavy atom. The largest absolute Gasteiger partial charge is 0.484 e. The summed E-state index contributed by atoms with van der Waals surface area (Å²) in [5.74, 6) is 2.03. The van der Waals surface area contributed by atoms with Gasteiger partial charge >= 0.3 is 0 Å². The number of carbonyl (C=O) groups is 1. The zero-order valence-electron chi connectivity index (χ0n) is 16.5. The lowest BCUT2D eigenvalue weighted by Gasteiger charge is -2.13. The fourth-order valence-corrected chi connectivity index (χ4v) is 3.37. The van der Waals surface area contributed by atoms with Gasteiger partial charge in [0.05, 0.1) is 11.0 Å². The Hall–Kier alpha value is -2.82. The van der Waals surface area contributed by atoms with E-state index in [0.29, 0.717) is 19.0 Å². The van der Waals surface area contributed by atoms with Crippen LogP contribution in [0.3, 0.4) is 0 Å². The molecule has 1 amide bonds. The lowest BCUT2D eigenvalue weighted by atomic mass is 9.98. The zero-order chi connectivity index (χ0) is 19.4. The summed E-state index contributed by atoms with van der Waals surface area (Å²) in [7, 11) is 0. The van der Waals surface area contributed by atoms with Gasteiger partial charge in [-0.1, -0.05) is 32.0 Å². The van der Waals surface area contributed by atoms with E-state index in [-0.39, 0.29) is 12.5 Å². The van der Waals surface area contributed by atoms with Gasteiger partial charge < -0.3 is 14.6 Å². The van der Waals surface area contributed by atoms with E-state index >= 15 is 0 Å². The molecule has 3 rings (SSSR count). The van der Waals surface area contributed by atoms with Crippen LogP contribution in [0, 0.1) is 13.8 Å². The Kier molecular flexibility index (Phi) is 5.79. The molecule has 1 aromatic heterocycles. The quantitative estimate of drug-likeness (QED) is 0.689. The predicted molar refractivity (Wildman–Crippen MR) is 108 cm³/mol. The van der Waals surface area contributed by atoms with Gasteiger partial charge in [-0.15, -0.1) is 0 Å². The second-order valence-electron chi connectivity index (χ2n) is 7.11. The molecule has 142 valence electrons. The number of benzene rings is 2. The molecule has 5 nitrogen and oxygen atoms in total. The number of amides is 1. The molecule has 1 N–H and O–H groups in total. The van der Waals surface area contributed by atoms with E-state index in [1.807, 2.05) is 43.3 Å². The van der Waals surface area contributed by atoms with Crippen molar-refractivity contribution in [2.75, 3.05) is 13.2 Å². The smallest absolute Gasteiger partial charge is 0.258 e. The number of aryl methyl sites for hydroxylation is 2. The third-order valence-corrected chi connectivity index (χ3v) is 4.74. The van der Waals surface area contributed by atoms with Crippen LogP contribution in [-0.2, 0) is 11.3 Å². The Balaban J connectivity index is 1.50. The molecule has 0 aliphatic rings. The third kappa shape index (κ3) is 4.48. The summed E-state index contributed by atoms with van der Waals surface area (Å²) in [6.07, 6.45) is 0. The Morgan fingerprint density at radius 3 is 2.70 bits per heavy atom. The number of carbonyl (C=O) groups excluding carboxylic acids is 1. The number of nitrogens with zero attached hydrogens (tertiary/aromatic N) is 2. The minimum Gasteiger partial charge on any atom is -0.484 e. The topological polar surface area (TPSA) is 56.1 Å². The average Bonchev–Trinajstić information content (AvgIpc) is 2.95. The van der Waals surface area contributed by atoms with Crippen LogP contribution in [0.4, 0.5) is 0 Å². The van der Waals surface area contributed by atoms with Gasteiger partial charge in [-0.2, -0.15) is 0 Å². The monoisotopic (exact) mass is 365 g/mol. The maximum absolute atomic E-state index is 12.1. The predicted octanol–water partition coefficient (Wildman–Crippen LogP) is 3.97. The summed E-state index contributed by atoms with van der Waals surface area (Å²) < 4.78 is 7.75. The number of para-hydroxylation sites is 2. The Labute approximate surface area is 160 Å². The van der Waals surface area contributed by atoms with Crippen molar-refractivity contribution in [2.45, 2.75) is 40.2 Å². The highest BCUT2D eigenvalue weighted by molar-refractivity contribution is 5.78. The van der Waals surface area contributed by atoms with Crippen molar-refractivity contribution >= 4 is 16.9 Å². The summed E-state index contributed by atoms with van der Waals surface area (Å²) >= 11 is 0. The van der Waals surface area contributed by atoms with E-state index < -0.39 is 0 Å². The first-order valence-corrected chi connectivity index (χ1v) is 9.37. The number of hydrogen-bond acceptors (Lipinski definition) is 3. The number of imidazole rings is 1. The van der Waals surface area contributed by atoms with Gasteiger partial charge in [0.15, 0.2) is 6.61 Å². The van der Waals surface area contributed by atoms with Crippen molar-refractivity contribution in [3.8, 4) is 5.75 Å². The molecule has 0 unspecified atom stereocenters. The number of aromatic nitrogens is 2. The molecular formula is C22H27N3O2. The van der Waals surface area contributed by atoms with Crippen LogP contribution in [0.2, 0.25) is 0 Å². The SMILES string of the molecule is Cc1cc(OCC(=O)NCCn2c(C)nc3ccccc32)ccc1C(C)C. The minimum absolute atomic E-state index is 0.0180. The van der Waals surface area contributed by atoms with E-state index in [4.69, 9.17) is 4.74 Å². The molecule has 0 radical (unpaired) electrons. The van der Waals surface area contributed by atoms with Gasteiger partial charge in [0, 0.05) is 13.1 Å². The van der Waals surface area contributed by atoms with Crippen molar-refractivity contribution in [1.29, 1.82) is 0 Å². The molecule has 5 heteroatoms. The van der Waals surface area contributed by atoms with Crippen molar-refractivity contribution in [3.05, 3.63) is 59.4 Å². The summed E-state index contributed by atoms with van der Waals surface area (Å²) in [6.45, 7) is 9.62. The number of hydrogen-bond donors (Lipinski definition) is 1. The highest BCUT2D eigenvalue weighted by Crippen LogP contribution is 2.23. The molecule has 0 aliphatic carbocycles. The second kappa shape index (κ2) is 8.25. The molecule has 1 heterocycles. The normalized spacial score (nSPS) is 11.1. The fraction of sp³-hybridized carbons (Fsp3) is 0.364. The minimum atomic E-state index is -0.123. The lowest BCUT2D eigenvalue weighted by molar-refractivity contribution is -0.123. The molecule has 0 saturated heterocycles. The first kappa shape index (κ1) is 19.0. The van der Waals surface area contributed by atoms with Gasteiger partial charge in [-0.25, -0.2) is 4.98 Å². The third-order valence-electron chi connectivity index (χ3n) is 4.74. The summed E-state index contributed by atoms with van der Waals surface area (Å²) in [5, 5.41) is 2.91. The first-order chi connectivity index (χ1) is 13.0. The number of fused-ring (bicyclic) bond motifs is 1. The molecule has 0 atom stereocenters. The first-order valence-electron chi connectivity index (χ1n) is 9.37. The maximum atomic E-state index is 12.1. The standard InChI is InChI=1S/C22H27N3O2/c1-15(2)19-10-9-18(13-16(19)3)27-14-22(26)23-11-12-25-17(4)24-20-7-5-6-8-21(20)25/h5-10,13,15H,11-12,14H2,1-4H3,(H,23,26). The molecular weight excluding hydrogens is 338 g/mol. The van der Waals surface area contributed by atoms with Crippen LogP contribution < -0.4 is 10.1 Å². The zero-order valence-corrected chi connectivity index (χ0v) is 16.5. The molecule has 27 heavy (non-hydrogen) atoms. The molecule has 0 spiro atoms. The average molecular weight is 365 g/mol. The maximum Gasteiger partial charge on any atom is 0.258 e. The van der Waals surface area contributed by atoms with Crippen LogP contribution >= 0.6 is 0 Å². The van der Waals surface area contributed by atoms with Crippen LogP contribution in [0.1, 0.15) is 36.7 Å². The summed E-state index contributed by atoms with van der Waals surface area (Å²) in [5.41, 5.74) is 4.55. The highest BCUT2D eigenvalue weighted by atomic mass is 16.5. The van der Waals surface area contributed by atoms with Crippen LogP contribution in [0.15, 0.2) is 42.5 Å². The van der Waals surface area contributed by atoms with E-state index in [2.05, 4.69) is 41.7 Å². The van der Waals surface area contributed by atoms with Crippen molar-refractivity contribution < 1.29 is 9.53 Å². The van der Waals surface area contributed by atoms with Crippen LogP contribution in [0.25, 0.3) is 11.0 Å². The molecule has 0 saturated carbocycles. The number of rotatable bonds is 7. The Bertz CT molecular complexity index is 944. The number of nitrogens with one attached hydrogen (secondary N) is 1. The molecule has 0 fully saturated rings. The van der Waals surface area contributed by atoms with E-state index in [1.165, 1.54) is 11.1 Å². The molecule has 0 aliphatic heterocycles. The van der Waals surface area contributed by atoms with Crippen molar-refractivity contribution in [1.82, 2.24) is 14.9 Å². The molecule has 3 aromatic rings. The fourth-order valence-electron chi connectivity index (χ4n) is 3.37. The van der Waals surface area contributed by atoms with Crippen molar-refractivity contribution in [3.63, 3.8) is 0 Å². The van der Waals surface area contributed by atoms with Gasteiger partial charge in [-0.05, 0) is 55.2 Å². The number of ether oxygens (including phenoxy) is 1. The second-order valence-corrected chi connectivity index (χ2v) is 7.11. The lowest BCUT2D eigenvalue weighted by Crippen LogP contribution is -2.31. The molecule has 2 aromatic carbocycles. The van der Waals surface area contributed by atoms with Gasteiger partial charge in [-0.3, -0.25) is 4.79 Å². The Morgan fingerprint density at radius 1 is 1.19 bits per heavy atom. The van der Waals surface area contributed by atoms with Crippen LogP contribution in [0.5, 0.6) is 5.75 Å². The highest BCUT2D eigenvalue weighted by Gasteiger charge is 2.09. The van der Waals surface area contributed by atoms with Crippen molar-refractivity contribution in [2.24, 2.45) is 0 Å². The van der Waals surface area contributed by atoms with E-state index in [9.17, 15) is 4.79 Å². The van der Waals surface area contributed by atoms with E-state index in [0.717, 1.165) is 22.6 Å². The molecule has 0 bridgehead atoms. The summed E-state index contributed by atoms with van der Waals surface area (Å²) in [6, 6.07) is 14.0. The van der Waals surface area contributed by atoms with Crippen LogP contribution in [-0.4, -0.2) is 28.6 Å².